The van der Waals surface area contributed by atoms with Crippen molar-refractivity contribution in [1.29, 1.82) is 0 Å². The monoisotopic (exact) mass is 273 g/mol. The van der Waals surface area contributed by atoms with Gasteiger partial charge >= 0.3 is 0 Å². The average Bonchev–Trinajstić information content (AvgIpc) is 3.15. The van der Waals surface area contributed by atoms with Gasteiger partial charge in [0.1, 0.15) is 10.8 Å². The number of anilines is 2. The molecule has 1 fully saturated rings. The number of aryl methyl sites for hydroxylation is 1. The van der Waals surface area contributed by atoms with Gasteiger partial charge in [-0.25, -0.2) is 0 Å². The maximum absolute atomic E-state index is 6.02. The molecule has 1 aliphatic carbocycles. The third-order valence-corrected chi connectivity index (χ3v) is 4.73. The van der Waals surface area contributed by atoms with Gasteiger partial charge in [-0.2, -0.15) is 4.37 Å². The van der Waals surface area contributed by atoms with Gasteiger partial charge in [0.2, 0.25) is 0 Å². The smallest absolute Gasteiger partial charge is 0.142 e. The molecule has 2 N–H and O–H groups in total. The van der Waals surface area contributed by atoms with Crippen molar-refractivity contribution in [2.24, 2.45) is 0 Å². The van der Waals surface area contributed by atoms with Crippen LogP contribution in [0.25, 0.3) is 0 Å². The lowest BCUT2D eigenvalue weighted by atomic mass is 10.1. The van der Waals surface area contributed by atoms with E-state index in [0.29, 0.717) is 5.92 Å². The van der Waals surface area contributed by atoms with Gasteiger partial charge in [0.05, 0.1) is 0 Å². The summed E-state index contributed by atoms with van der Waals surface area (Å²) in [6.07, 6.45) is 2.52. The van der Waals surface area contributed by atoms with Crippen molar-refractivity contribution in [2.45, 2.75) is 32.2 Å². The summed E-state index contributed by atoms with van der Waals surface area (Å²) >= 11 is 1.53. The first kappa shape index (κ1) is 12.5. The SMILES string of the molecule is Cc1ccccc1CN(C)c1snc(N)c1C1CC1. The minimum absolute atomic E-state index is 0.646. The van der Waals surface area contributed by atoms with E-state index in [-0.39, 0.29) is 0 Å². The first-order chi connectivity index (χ1) is 9.16. The van der Waals surface area contributed by atoms with Crippen molar-refractivity contribution in [3.05, 3.63) is 41.0 Å². The molecule has 1 aromatic carbocycles. The van der Waals surface area contributed by atoms with Gasteiger partial charge < -0.3 is 10.6 Å². The van der Waals surface area contributed by atoms with Gasteiger partial charge in [-0.3, -0.25) is 0 Å². The summed E-state index contributed by atoms with van der Waals surface area (Å²) in [6, 6.07) is 8.52. The van der Waals surface area contributed by atoms with E-state index in [4.69, 9.17) is 5.73 Å². The van der Waals surface area contributed by atoms with E-state index in [1.54, 1.807) is 0 Å². The topological polar surface area (TPSA) is 42.2 Å². The van der Waals surface area contributed by atoms with Crippen LogP contribution in [0, 0.1) is 6.92 Å². The van der Waals surface area contributed by atoms with E-state index in [0.717, 1.165) is 12.4 Å². The second kappa shape index (κ2) is 4.85. The molecular weight excluding hydrogens is 254 g/mol. The maximum Gasteiger partial charge on any atom is 0.142 e. The Morgan fingerprint density at radius 2 is 2.11 bits per heavy atom. The lowest BCUT2D eigenvalue weighted by Crippen LogP contribution is -2.17. The fourth-order valence-electron chi connectivity index (χ4n) is 2.45. The zero-order valence-corrected chi connectivity index (χ0v) is 12.2. The number of rotatable bonds is 4. The summed E-state index contributed by atoms with van der Waals surface area (Å²) in [5.74, 6) is 1.38. The first-order valence-corrected chi connectivity index (χ1v) is 7.45. The molecular formula is C15H19N3S. The number of nitrogens with two attached hydrogens (primary N) is 1. The van der Waals surface area contributed by atoms with E-state index in [9.17, 15) is 0 Å². The largest absolute Gasteiger partial charge is 0.383 e. The summed E-state index contributed by atoms with van der Waals surface area (Å²) in [5.41, 5.74) is 9.99. The highest BCUT2D eigenvalue weighted by Gasteiger charge is 2.31. The lowest BCUT2D eigenvalue weighted by molar-refractivity contribution is 0.913. The standard InChI is InChI=1S/C15H19N3S/c1-10-5-3-4-6-12(10)9-18(2)15-13(11-7-8-11)14(16)17-19-15/h3-6,11H,7-9H2,1-2H3,(H2,16,17). The summed E-state index contributed by atoms with van der Waals surface area (Å²) in [4.78, 5) is 2.28. The molecule has 0 bridgehead atoms. The highest BCUT2D eigenvalue weighted by atomic mass is 32.1. The molecule has 2 aromatic rings. The van der Waals surface area contributed by atoms with E-state index in [2.05, 4.69) is 47.5 Å². The lowest BCUT2D eigenvalue weighted by Gasteiger charge is -2.20. The molecule has 1 heterocycles. The van der Waals surface area contributed by atoms with Crippen LogP contribution in [-0.4, -0.2) is 11.4 Å². The molecule has 19 heavy (non-hydrogen) atoms. The molecule has 3 nitrogen and oxygen atoms in total. The van der Waals surface area contributed by atoms with Gasteiger partial charge in [-0.05, 0) is 48.3 Å². The molecule has 1 aromatic heterocycles. The molecule has 0 spiro atoms. The Kier molecular flexibility index (Phi) is 3.19. The summed E-state index contributed by atoms with van der Waals surface area (Å²) < 4.78 is 4.34. The Morgan fingerprint density at radius 3 is 2.79 bits per heavy atom. The van der Waals surface area contributed by atoms with Crippen molar-refractivity contribution in [1.82, 2.24) is 4.37 Å². The van der Waals surface area contributed by atoms with Crippen LogP contribution in [0.3, 0.4) is 0 Å². The van der Waals surface area contributed by atoms with Crippen LogP contribution < -0.4 is 10.6 Å². The van der Waals surface area contributed by atoms with Gasteiger partial charge in [-0.15, -0.1) is 0 Å². The molecule has 0 aliphatic heterocycles. The molecule has 0 unspecified atom stereocenters. The maximum atomic E-state index is 6.02. The summed E-state index contributed by atoms with van der Waals surface area (Å²) in [5, 5.41) is 1.24. The van der Waals surface area contributed by atoms with Gasteiger partial charge in [0.25, 0.3) is 0 Å². The van der Waals surface area contributed by atoms with Crippen LogP contribution in [0.15, 0.2) is 24.3 Å². The van der Waals surface area contributed by atoms with Gasteiger partial charge in [-0.1, -0.05) is 24.3 Å². The third kappa shape index (κ3) is 2.45. The first-order valence-electron chi connectivity index (χ1n) is 6.67. The Hall–Kier alpha value is -1.55. The van der Waals surface area contributed by atoms with Gasteiger partial charge in [0.15, 0.2) is 0 Å². The van der Waals surface area contributed by atoms with E-state index < -0.39 is 0 Å². The number of aromatic nitrogens is 1. The fourth-order valence-corrected chi connectivity index (χ4v) is 3.30. The number of nitrogens with zero attached hydrogens (tertiary/aromatic N) is 2. The quantitative estimate of drug-likeness (QED) is 0.926. The van der Waals surface area contributed by atoms with Crippen LogP contribution in [0.5, 0.6) is 0 Å². The molecule has 3 rings (SSSR count). The van der Waals surface area contributed by atoms with Crippen LogP contribution in [0.1, 0.15) is 35.4 Å². The molecule has 0 saturated heterocycles. The van der Waals surface area contributed by atoms with E-state index in [1.165, 1.54) is 46.1 Å². The van der Waals surface area contributed by atoms with E-state index >= 15 is 0 Å². The highest BCUT2D eigenvalue weighted by molar-refractivity contribution is 7.10. The van der Waals surface area contributed by atoms with Crippen LogP contribution in [-0.2, 0) is 6.54 Å². The number of hydrogen-bond acceptors (Lipinski definition) is 4. The molecule has 4 heteroatoms. The number of nitrogen functional groups attached to an aromatic ring is 1. The zero-order chi connectivity index (χ0) is 13.4. The molecule has 1 aliphatic rings. The zero-order valence-electron chi connectivity index (χ0n) is 11.4. The van der Waals surface area contributed by atoms with Crippen molar-refractivity contribution in [2.75, 3.05) is 17.7 Å². The molecule has 0 amide bonds. The van der Waals surface area contributed by atoms with E-state index in [1.807, 2.05) is 0 Å². The Morgan fingerprint density at radius 1 is 1.37 bits per heavy atom. The Balaban J connectivity index is 1.84. The highest BCUT2D eigenvalue weighted by Crippen LogP contribution is 2.48. The van der Waals surface area contributed by atoms with Crippen molar-refractivity contribution in [3.8, 4) is 0 Å². The Labute approximate surface area is 118 Å². The number of hydrogen-bond donors (Lipinski definition) is 1. The van der Waals surface area contributed by atoms with Crippen molar-refractivity contribution >= 4 is 22.4 Å². The molecule has 100 valence electrons. The minimum Gasteiger partial charge on any atom is -0.383 e. The average molecular weight is 273 g/mol. The molecule has 0 radical (unpaired) electrons. The predicted octanol–water partition coefficient (Wildman–Crippen LogP) is 3.55. The molecule has 0 atom stereocenters. The fraction of sp³-hybridized carbons (Fsp3) is 0.400. The van der Waals surface area contributed by atoms with Gasteiger partial charge in [0, 0.05) is 19.2 Å². The normalized spacial score (nSPS) is 14.6. The third-order valence-electron chi connectivity index (χ3n) is 3.74. The van der Waals surface area contributed by atoms with Crippen molar-refractivity contribution < 1.29 is 0 Å². The van der Waals surface area contributed by atoms with Crippen molar-refractivity contribution in [3.63, 3.8) is 0 Å². The van der Waals surface area contributed by atoms with Crippen LogP contribution in [0.2, 0.25) is 0 Å². The predicted molar refractivity (Wildman–Crippen MR) is 81.8 cm³/mol. The van der Waals surface area contributed by atoms with Crippen LogP contribution >= 0.6 is 11.5 Å². The summed E-state index contributed by atoms with van der Waals surface area (Å²) in [6.45, 7) is 3.07. The molecule has 1 saturated carbocycles. The number of benzene rings is 1. The summed E-state index contributed by atoms with van der Waals surface area (Å²) in [7, 11) is 2.13. The second-order valence-corrected chi connectivity index (χ2v) is 6.10. The Bertz CT molecular complexity index is 587. The minimum atomic E-state index is 0.646. The van der Waals surface area contributed by atoms with Crippen LogP contribution in [0.4, 0.5) is 10.8 Å². The second-order valence-electron chi connectivity index (χ2n) is 5.34.